The maximum Gasteiger partial charge on any atom is 0.244 e. The summed E-state index contributed by atoms with van der Waals surface area (Å²) in [5, 5.41) is 3.19. The lowest BCUT2D eigenvalue weighted by atomic mass is 10.1. The van der Waals surface area contributed by atoms with E-state index >= 15 is 0 Å². The zero-order valence-electron chi connectivity index (χ0n) is 20.1. The van der Waals surface area contributed by atoms with E-state index in [1.165, 1.54) is 17.0 Å². The molecule has 0 aromatic heterocycles. The second kappa shape index (κ2) is 12.8. The third-order valence-corrected chi connectivity index (χ3v) is 7.67. The highest BCUT2D eigenvalue weighted by atomic mass is 35.5. The summed E-state index contributed by atoms with van der Waals surface area (Å²) < 4.78 is 26.3. The molecule has 0 spiro atoms. The molecule has 1 N–H and O–H groups in total. The van der Waals surface area contributed by atoms with Gasteiger partial charge < -0.3 is 10.2 Å². The van der Waals surface area contributed by atoms with E-state index in [4.69, 9.17) is 34.8 Å². The number of hydrogen-bond donors (Lipinski definition) is 1. The van der Waals surface area contributed by atoms with Gasteiger partial charge in [0.2, 0.25) is 21.8 Å². The van der Waals surface area contributed by atoms with Gasteiger partial charge in [0.15, 0.2) is 0 Å². The van der Waals surface area contributed by atoms with Gasteiger partial charge in [-0.3, -0.25) is 13.9 Å². The molecule has 2 rings (SSSR count). The first-order valence-corrected chi connectivity index (χ1v) is 14.1. The molecule has 0 saturated carbocycles. The van der Waals surface area contributed by atoms with Crippen LogP contribution in [-0.2, 0) is 26.2 Å². The molecule has 0 radical (unpaired) electrons. The summed E-state index contributed by atoms with van der Waals surface area (Å²) in [6.45, 7) is 5.18. The number of nitrogens with zero attached hydrogens (tertiary/aromatic N) is 2. The molecule has 0 aliphatic carbocycles. The molecular weight excluding hydrogens is 533 g/mol. The van der Waals surface area contributed by atoms with Crippen molar-refractivity contribution in [1.82, 2.24) is 10.2 Å². The zero-order valence-corrected chi connectivity index (χ0v) is 23.2. The SMILES string of the molecule is CC[C@H](C(=O)N[C@@H](C)CC)N(Cc1ccccc1)C(=O)CN(c1cc(Cl)c(Cl)cc1Cl)S(C)(=O)=O. The molecule has 2 aromatic carbocycles. The van der Waals surface area contributed by atoms with E-state index in [0.29, 0.717) is 6.42 Å². The minimum absolute atomic E-state index is 0.0219. The number of benzene rings is 2. The Bertz CT molecular complexity index is 1150. The minimum Gasteiger partial charge on any atom is -0.352 e. The topological polar surface area (TPSA) is 86.8 Å². The second-order valence-electron chi connectivity index (χ2n) is 8.24. The Kier molecular flexibility index (Phi) is 10.7. The van der Waals surface area contributed by atoms with Crippen LogP contribution < -0.4 is 9.62 Å². The first-order chi connectivity index (χ1) is 16.4. The molecule has 0 saturated heterocycles. The number of carbonyl (C=O) groups is 2. The standard InChI is InChI=1S/C24H30Cl3N3O4S/c1-5-16(3)28-24(32)21(6-2)29(14-17-10-8-7-9-11-17)23(31)15-30(35(4,33)34)22-13-19(26)18(25)12-20(22)27/h7-13,16,21H,5-6,14-15H2,1-4H3,(H,28,32)/t16-,21+/m0/s1. The minimum atomic E-state index is -3.95. The predicted molar refractivity (Wildman–Crippen MR) is 143 cm³/mol. The van der Waals surface area contributed by atoms with Crippen LogP contribution in [0.3, 0.4) is 0 Å². The van der Waals surface area contributed by atoms with Gasteiger partial charge in [0, 0.05) is 12.6 Å². The average Bonchev–Trinajstić information content (AvgIpc) is 2.79. The van der Waals surface area contributed by atoms with Crippen molar-refractivity contribution < 1.29 is 18.0 Å². The van der Waals surface area contributed by atoms with Crippen molar-refractivity contribution in [3.63, 3.8) is 0 Å². The molecule has 192 valence electrons. The molecule has 0 bridgehead atoms. The van der Waals surface area contributed by atoms with Crippen molar-refractivity contribution in [3.05, 3.63) is 63.1 Å². The van der Waals surface area contributed by atoms with Crippen molar-refractivity contribution in [3.8, 4) is 0 Å². The number of sulfonamides is 1. The van der Waals surface area contributed by atoms with Crippen LogP contribution in [0.5, 0.6) is 0 Å². The van der Waals surface area contributed by atoms with Crippen LogP contribution in [0.25, 0.3) is 0 Å². The van der Waals surface area contributed by atoms with Crippen LogP contribution in [0.1, 0.15) is 39.2 Å². The van der Waals surface area contributed by atoms with E-state index in [1.807, 2.05) is 44.2 Å². The highest BCUT2D eigenvalue weighted by Gasteiger charge is 2.32. The lowest BCUT2D eigenvalue weighted by Gasteiger charge is -2.33. The summed E-state index contributed by atoms with van der Waals surface area (Å²) in [4.78, 5) is 28.1. The molecule has 2 aromatic rings. The average molecular weight is 563 g/mol. The molecule has 2 amide bonds. The lowest BCUT2D eigenvalue weighted by Crippen LogP contribution is -2.53. The number of nitrogens with one attached hydrogen (secondary N) is 1. The van der Waals surface area contributed by atoms with Gasteiger partial charge >= 0.3 is 0 Å². The monoisotopic (exact) mass is 561 g/mol. The fourth-order valence-electron chi connectivity index (χ4n) is 3.44. The molecule has 0 unspecified atom stereocenters. The van der Waals surface area contributed by atoms with Crippen molar-refractivity contribution in [2.45, 2.75) is 52.2 Å². The number of hydrogen-bond acceptors (Lipinski definition) is 4. The first kappa shape index (κ1) is 29.2. The summed E-state index contributed by atoms with van der Waals surface area (Å²) in [6, 6.07) is 10.9. The fourth-order valence-corrected chi connectivity index (χ4v) is 4.99. The summed E-state index contributed by atoms with van der Waals surface area (Å²) >= 11 is 18.4. The van der Waals surface area contributed by atoms with Gasteiger partial charge in [0.25, 0.3) is 0 Å². The van der Waals surface area contributed by atoms with Gasteiger partial charge in [-0.25, -0.2) is 8.42 Å². The molecule has 7 nitrogen and oxygen atoms in total. The summed E-state index contributed by atoms with van der Waals surface area (Å²) in [5.41, 5.74) is 0.822. The van der Waals surface area contributed by atoms with Crippen molar-refractivity contribution in [2.75, 3.05) is 17.1 Å². The molecular formula is C24H30Cl3N3O4S. The Morgan fingerprint density at radius 2 is 1.57 bits per heavy atom. The molecule has 35 heavy (non-hydrogen) atoms. The number of rotatable bonds is 11. The molecule has 2 atom stereocenters. The van der Waals surface area contributed by atoms with Gasteiger partial charge in [-0.15, -0.1) is 0 Å². The highest BCUT2D eigenvalue weighted by molar-refractivity contribution is 7.92. The zero-order chi connectivity index (χ0) is 26.3. The van der Waals surface area contributed by atoms with Gasteiger partial charge in [0.05, 0.1) is 27.0 Å². The molecule has 0 heterocycles. The Morgan fingerprint density at radius 3 is 2.11 bits per heavy atom. The largest absolute Gasteiger partial charge is 0.352 e. The van der Waals surface area contributed by atoms with Crippen LogP contribution in [0.15, 0.2) is 42.5 Å². The molecule has 0 aliphatic rings. The van der Waals surface area contributed by atoms with E-state index in [1.54, 1.807) is 6.92 Å². The smallest absolute Gasteiger partial charge is 0.244 e. The van der Waals surface area contributed by atoms with Crippen LogP contribution >= 0.6 is 34.8 Å². The number of halogens is 3. The Labute approximate surface area is 222 Å². The number of amides is 2. The van der Waals surface area contributed by atoms with Crippen LogP contribution in [-0.4, -0.2) is 50.0 Å². The van der Waals surface area contributed by atoms with E-state index in [0.717, 1.165) is 22.5 Å². The summed E-state index contributed by atoms with van der Waals surface area (Å²) in [6.07, 6.45) is 2.04. The first-order valence-electron chi connectivity index (χ1n) is 11.1. The van der Waals surface area contributed by atoms with E-state index < -0.39 is 28.5 Å². The number of carbonyl (C=O) groups excluding carboxylic acids is 2. The van der Waals surface area contributed by atoms with Gasteiger partial charge in [0.1, 0.15) is 12.6 Å². The Balaban J connectivity index is 2.48. The highest BCUT2D eigenvalue weighted by Crippen LogP contribution is 2.35. The van der Waals surface area contributed by atoms with E-state index in [-0.39, 0.29) is 39.2 Å². The lowest BCUT2D eigenvalue weighted by molar-refractivity contribution is -0.140. The van der Waals surface area contributed by atoms with Crippen LogP contribution in [0.2, 0.25) is 15.1 Å². The fraction of sp³-hybridized carbons (Fsp3) is 0.417. The molecule has 0 fully saturated rings. The van der Waals surface area contributed by atoms with Gasteiger partial charge in [-0.2, -0.15) is 0 Å². The maximum absolute atomic E-state index is 13.6. The normalized spacial score (nSPS) is 13.1. The summed E-state index contributed by atoms with van der Waals surface area (Å²) in [5.74, 6) is -0.864. The van der Waals surface area contributed by atoms with E-state index in [9.17, 15) is 18.0 Å². The number of anilines is 1. The third-order valence-electron chi connectivity index (χ3n) is 5.52. The third kappa shape index (κ3) is 8.00. The second-order valence-corrected chi connectivity index (χ2v) is 11.4. The predicted octanol–water partition coefficient (Wildman–Crippen LogP) is 5.13. The van der Waals surface area contributed by atoms with Crippen molar-refractivity contribution in [1.29, 1.82) is 0 Å². The van der Waals surface area contributed by atoms with Gasteiger partial charge in [-0.05, 0) is 37.5 Å². The van der Waals surface area contributed by atoms with Crippen molar-refractivity contribution in [2.24, 2.45) is 0 Å². The van der Waals surface area contributed by atoms with E-state index in [2.05, 4.69) is 5.32 Å². The Morgan fingerprint density at radius 1 is 0.971 bits per heavy atom. The molecule has 0 aliphatic heterocycles. The molecule has 11 heteroatoms. The summed E-state index contributed by atoms with van der Waals surface area (Å²) in [7, 11) is -3.95. The van der Waals surface area contributed by atoms with Gasteiger partial charge in [-0.1, -0.05) is 79.0 Å². The van der Waals surface area contributed by atoms with Crippen LogP contribution in [0, 0.1) is 0 Å². The Hall–Kier alpha value is -2.00. The van der Waals surface area contributed by atoms with Crippen LogP contribution in [0.4, 0.5) is 5.69 Å². The maximum atomic E-state index is 13.6. The van der Waals surface area contributed by atoms with Crippen molar-refractivity contribution >= 4 is 62.3 Å². The quantitative estimate of drug-likeness (QED) is 0.385.